The quantitative estimate of drug-likeness (QED) is 0.794. The van der Waals surface area contributed by atoms with Crippen LogP contribution >= 0.6 is 11.6 Å². The Hall–Kier alpha value is -1.75. The van der Waals surface area contributed by atoms with Gasteiger partial charge in [0.05, 0.1) is 13.0 Å². The fourth-order valence-corrected chi connectivity index (χ4v) is 2.32. The second-order valence-corrected chi connectivity index (χ2v) is 5.03. The number of hydrogen-bond donors (Lipinski definition) is 0. The topological polar surface area (TPSA) is 55.8 Å². The maximum Gasteiger partial charge on any atom is 0.310 e. The van der Waals surface area contributed by atoms with Crippen LogP contribution in [0.15, 0.2) is 24.3 Å². The molecule has 1 saturated heterocycles. The lowest BCUT2D eigenvalue weighted by molar-refractivity contribution is -0.145. The fraction of sp³-hybridized carbons (Fsp3) is 0.429. The summed E-state index contributed by atoms with van der Waals surface area (Å²) in [6.45, 7) is 0.885. The number of esters is 1. The van der Waals surface area contributed by atoms with E-state index < -0.39 is 0 Å². The summed E-state index contributed by atoms with van der Waals surface area (Å²) in [5.74, 6) is -0.0860. The Morgan fingerprint density at radius 3 is 2.95 bits per heavy atom. The van der Waals surface area contributed by atoms with Crippen LogP contribution in [0.5, 0.6) is 5.75 Å². The molecule has 6 heteroatoms. The third-order valence-corrected chi connectivity index (χ3v) is 3.47. The second-order valence-electron chi connectivity index (χ2n) is 4.59. The van der Waals surface area contributed by atoms with Crippen LogP contribution in [-0.4, -0.2) is 43.6 Å². The molecule has 1 amide bonds. The molecule has 1 aromatic carbocycles. The average molecular weight is 298 g/mol. The summed E-state index contributed by atoms with van der Waals surface area (Å²) in [6, 6.07) is 6.87. The number of amides is 1. The second kappa shape index (κ2) is 6.61. The number of hydrogen-bond acceptors (Lipinski definition) is 4. The van der Waals surface area contributed by atoms with Crippen LogP contribution in [0, 0.1) is 5.92 Å². The number of likely N-dealkylation sites (tertiary alicyclic amines) is 1. The molecule has 2 rings (SSSR count). The zero-order chi connectivity index (χ0) is 14.5. The number of nitrogens with zero attached hydrogens (tertiary/aromatic N) is 1. The van der Waals surface area contributed by atoms with Gasteiger partial charge in [-0.05, 0) is 24.6 Å². The summed E-state index contributed by atoms with van der Waals surface area (Å²) in [7, 11) is 1.36. The fourth-order valence-electron chi connectivity index (χ4n) is 2.14. The Labute approximate surface area is 122 Å². The highest BCUT2D eigenvalue weighted by Crippen LogP contribution is 2.19. The van der Waals surface area contributed by atoms with Crippen LogP contribution < -0.4 is 4.74 Å². The molecule has 0 radical (unpaired) electrons. The van der Waals surface area contributed by atoms with Crippen LogP contribution in [0.4, 0.5) is 0 Å². The van der Waals surface area contributed by atoms with Crippen molar-refractivity contribution in [3.63, 3.8) is 0 Å². The van der Waals surface area contributed by atoms with Crippen molar-refractivity contribution in [1.29, 1.82) is 0 Å². The molecule has 1 aromatic rings. The number of carbonyl (C=O) groups excluding carboxylic acids is 2. The Bertz CT molecular complexity index is 506. The molecule has 0 aliphatic carbocycles. The van der Waals surface area contributed by atoms with E-state index >= 15 is 0 Å². The lowest BCUT2D eigenvalue weighted by Gasteiger charge is -2.16. The monoisotopic (exact) mass is 297 g/mol. The van der Waals surface area contributed by atoms with E-state index in [-0.39, 0.29) is 24.4 Å². The third kappa shape index (κ3) is 3.63. The van der Waals surface area contributed by atoms with Gasteiger partial charge in [-0.3, -0.25) is 9.59 Å². The predicted molar refractivity (Wildman–Crippen MR) is 73.7 cm³/mol. The van der Waals surface area contributed by atoms with Crippen molar-refractivity contribution in [2.24, 2.45) is 5.92 Å². The SMILES string of the molecule is COC(=O)C1CCN(C(=O)COc2cccc(Cl)c2)C1. The van der Waals surface area contributed by atoms with Crippen molar-refractivity contribution in [1.82, 2.24) is 4.90 Å². The summed E-state index contributed by atoms with van der Waals surface area (Å²) in [5, 5.41) is 0.557. The van der Waals surface area contributed by atoms with Crippen molar-refractivity contribution < 1.29 is 19.1 Å². The lowest BCUT2D eigenvalue weighted by Crippen LogP contribution is -2.34. The van der Waals surface area contributed by atoms with Crippen molar-refractivity contribution in [3.05, 3.63) is 29.3 Å². The van der Waals surface area contributed by atoms with E-state index in [0.717, 1.165) is 0 Å². The van der Waals surface area contributed by atoms with Gasteiger partial charge in [0.15, 0.2) is 6.61 Å². The van der Waals surface area contributed by atoms with Crippen LogP contribution in [0.1, 0.15) is 6.42 Å². The van der Waals surface area contributed by atoms with E-state index in [1.165, 1.54) is 7.11 Å². The smallest absolute Gasteiger partial charge is 0.310 e. The molecule has 1 aliphatic rings. The van der Waals surface area contributed by atoms with Crippen LogP contribution in [0.25, 0.3) is 0 Å². The van der Waals surface area contributed by atoms with E-state index in [1.807, 2.05) is 0 Å². The highest BCUT2D eigenvalue weighted by Gasteiger charge is 2.31. The average Bonchev–Trinajstić information content (AvgIpc) is 2.94. The summed E-state index contributed by atoms with van der Waals surface area (Å²) in [4.78, 5) is 25.0. The molecule has 0 N–H and O–H groups in total. The van der Waals surface area contributed by atoms with E-state index in [1.54, 1.807) is 29.2 Å². The zero-order valence-corrected chi connectivity index (χ0v) is 11.9. The Morgan fingerprint density at radius 2 is 2.25 bits per heavy atom. The molecule has 20 heavy (non-hydrogen) atoms. The van der Waals surface area contributed by atoms with Crippen molar-refractivity contribution in [2.75, 3.05) is 26.8 Å². The molecule has 1 unspecified atom stereocenters. The summed E-state index contributed by atoms with van der Waals surface area (Å²) in [5.41, 5.74) is 0. The first kappa shape index (κ1) is 14.7. The minimum atomic E-state index is -0.268. The molecule has 1 aliphatic heterocycles. The van der Waals surface area contributed by atoms with Crippen LogP contribution in [0.3, 0.4) is 0 Å². The number of benzene rings is 1. The molecule has 0 bridgehead atoms. The molecule has 1 atom stereocenters. The van der Waals surface area contributed by atoms with Gasteiger partial charge >= 0.3 is 5.97 Å². The van der Waals surface area contributed by atoms with Gasteiger partial charge in [0, 0.05) is 18.1 Å². The number of ether oxygens (including phenoxy) is 2. The molecule has 0 saturated carbocycles. The molecule has 1 heterocycles. The Morgan fingerprint density at radius 1 is 1.45 bits per heavy atom. The predicted octanol–water partition coefficient (Wildman–Crippen LogP) is 1.74. The van der Waals surface area contributed by atoms with Crippen molar-refractivity contribution >= 4 is 23.5 Å². The number of methoxy groups -OCH3 is 1. The van der Waals surface area contributed by atoms with Gasteiger partial charge in [0.2, 0.25) is 0 Å². The molecule has 0 spiro atoms. The number of carbonyl (C=O) groups is 2. The van der Waals surface area contributed by atoms with E-state index in [2.05, 4.69) is 4.74 Å². The molecule has 108 valence electrons. The minimum absolute atomic E-state index is 0.0613. The van der Waals surface area contributed by atoms with E-state index in [9.17, 15) is 9.59 Å². The molecule has 1 fully saturated rings. The van der Waals surface area contributed by atoms with Crippen LogP contribution in [0.2, 0.25) is 5.02 Å². The van der Waals surface area contributed by atoms with Gasteiger partial charge in [-0.25, -0.2) is 0 Å². The van der Waals surface area contributed by atoms with Gasteiger partial charge in [-0.2, -0.15) is 0 Å². The highest BCUT2D eigenvalue weighted by atomic mass is 35.5. The maximum atomic E-state index is 12.0. The first-order valence-corrected chi connectivity index (χ1v) is 6.72. The first-order chi connectivity index (χ1) is 9.60. The molecular weight excluding hydrogens is 282 g/mol. The molecule has 0 aromatic heterocycles. The number of rotatable bonds is 4. The minimum Gasteiger partial charge on any atom is -0.484 e. The first-order valence-electron chi connectivity index (χ1n) is 6.34. The normalized spacial score (nSPS) is 17.9. The van der Waals surface area contributed by atoms with Gasteiger partial charge in [-0.1, -0.05) is 17.7 Å². The lowest BCUT2D eigenvalue weighted by atomic mass is 10.1. The van der Waals surface area contributed by atoms with E-state index in [4.69, 9.17) is 16.3 Å². The van der Waals surface area contributed by atoms with Gasteiger partial charge in [0.1, 0.15) is 5.75 Å². The largest absolute Gasteiger partial charge is 0.484 e. The van der Waals surface area contributed by atoms with Crippen LogP contribution in [-0.2, 0) is 14.3 Å². The van der Waals surface area contributed by atoms with Gasteiger partial charge in [0.25, 0.3) is 5.91 Å². The highest BCUT2D eigenvalue weighted by molar-refractivity contribution is 6.30. The summed E-state index contributed by atoms with van der Waals surface area (Å²) in [6.07, 6.45) is 0.635. The molecular formula is C14H16ClNO4. The van der Waals surface area contributed by atoms with Crippen molar-refractivity contribution in [2.45, 2.75) is 6.42 Å². The van der Waals surface area contributed by atoms with E-state index in [0.29, 0.717) is 30.3 Å². The Kier molecular flexibility index (Phi) is 4.84. The summed E-state index contributed by atoms with van der Waals surface area (Å²) < 4.78 is 10.1. The van der Waals surface area contributed by atoms with Crippen molar-refractivity contribution in [3.8, 4) is 5.75 Å². The number of halogens is 1. The Balaban J connectivity index is 1.83. The van der Waals surface area contributed by atoms with Gasteiger partial charge < -0.3 is 14.4 Å². The zero-order valence-electron chi connectivity index (χ0n) is 11.2. The molecule has 5 nitrogen and oxygen atoms in total. The third-order valence-electron chi connectivity index (χ3n) is 3.23. The summed E-state index contributed by atoms with van der Waals surface area (Å²) >= 11 is 5.83. The van der Waals surface area contributed by atoms with Gasteiger partial charge in [-0.15, -0.1) is 0 Å². The standard InChI is InChI=1S/C14H16ClNO4/c1-19-14(18)10-5-6-16(8-10)13(17)9-20-12-4-2-3-11(15)7-12/h2-4,7,10H,5-6,8-9H2,1H3. The maximum absolute atomic E-state index is 12.0.